The van der Waals surface area contributed by atoms with E-state index in [-0.39, 0.29) is 19.4 Å². The van der Waals surface area contributed by atoms with Crippen LogP contribution in [0.4, 0.5) is 0 Å². The van der Waals surface area contributed by atoms with E-state index in [1.807, 2.05) is 42.1 Å². The van der Waals surface area contributed by atoms with E-state index in [1.165, 1.54) is 0 Å². The van der Waals surface area contributed by atoms with Crippen LogP contribution < -0.4 is 16.8 Å². The number of aromatic nitrogens is 1. The van der Waals surface area contributed by atoms with Crippen LogP contribution in [0.5, 0.6) is 0 Å². The number of aldehydes is 1. The van der Waals surface area contributed by atoms with Gasteiger partial charge in [0.05, 0.1) is 12.6 Å². The highest BCUT2D eigenvalue weighted by Crippen LogP contribution is 2.21. The maximum Gasteiger partial charge on any atom is 0.328 e. The standard InChI is InChI=1S/C19H26N4O4/c1-3-27-19(26)15(22-18(25)17(21)14(20)8-9-24)10-12-11-23(2)16-7-5-4-6-13(12)16/h4-7,9,11,14-15,17H,3,8,10,20-21H2,1-2H3,(H,22,25)/t14?,15-,17?/m1/s1. The molecule has 1 aromatic carbocycles. The van der Waals surface area contributed by atoms with Gasteiger partial charge in [-0.15, -0.1) is 0 Å². The first kappa shape index (κ1) is 20.6. The molecule has 146 valence electrons. The van der Waals surface area contributed by atoms with E-state index in [2.05, 4.69) is 5.32 Å². The molecule has 2 aromatic rings. The van der Waals surface area contributed by atoms with Gasteiger partial charge in [0.25, 0.3) is 0 Å². The van der Waals surface area contributed by atoms with Gasteiger partial charge in [-0.25, -0.2) is 4.79 Å². The molecule has 0 saturated carbocycles. The topological polar surface area (TPSA) is 129 Å². The van der Waals surface area contributed by atoms with Crippen molar-refractivity contribution in [2.75, 3.05) is 6.61 Å². The van der Waals surface area contributed by atoms with Crippen molar-refractivity contribution in [3.05, 3.63) is 36.0 Å². The summed E-state index contributed by atoms with van der Waals surface area (Å²) in [5.41, 5.74) is 13.5. The van der Waals surface area contributed by atoms with Crippen molar-refractivity contribution < 1.29 is 19.1 Å². The minimum Gasteiger partial charge on any atom is -0.464 e. The van der Waals surface area contributed by atoms with E-state index < -0.39 is 30.0 Å². The summed E-state index contributed by atoms with van der Waals surface area (Å²) in [6.07, 6.45) is 2.74. The fourth-order valence-corrected chi connectivity index (χ4v) is 2.96. The Hall–Kier alpha value is -2.71. The molecule has 0 bridgehead atoms. The maximum absolute atomic E-state index is 12.4. The summed E-state index contributed by atoms with van der Waals surface area (Å²) in [6.45, 7) is 1.89. The molecule has 5 N–H and O–H groups in total. The molecule has 1 amide bonds. The first-order valence-electron chi connectivity index (χ1n) is 8.83. The quantitative estimate of drug-likeness (QED) is 0.419. The summed E-state index contributed by atoms with van der Waals surface area (Å²) < 4.78 is 7.05. The van der Waals surface area contributed by atoms with E-state index in [0.29, 0.717) is 6.29 Å². The number of rotatable bonds is 9. The summed E-state index contributed by atoms with van der Waals surface area (Å²) in [4.78, 5) is 35.3. The Morgan fingerprint density at radius 3 is 2.67 bits per heavy atom. The zero-order valence-corrected chi connectivity index (χ0v) is 15.6. The number of para-hydroxylation sites is 1. The Balaban J connectivity index is 2.22. The van der Waals surface area contributed by atoms with Gasteiger partial charge in [-0.1, -0.05) is 18.2 Å². The minimum atomic E-state index is -1.10. The molecular weight excluding hydrogens is 348 g/mol. The number of carbonyl (C=O) groups excluding carboxylic acids is 3. The number of ether oxygens (including phenoxy) is 1. The lowest BCUT2D eigenvalue weighted by Gasteiger charge is -2.22. The van der Waals surface area contributed by atoms with Crippen molar-refractivity contribution >= 4 is 29.1 Å². The normalized spacial score (nSPS) is 14.4. The van der Waals surface area contributed by atoms with Gasteiger partial charge in [-0.2, -0.15) is 0 Å². The highest BCUT2D eigenvalue weighted by atomic mass is 16.5. The number of esters is 1. The average Bonchev–Trinajstić information content (AvgIpc) is 2.97. The highest BCUT2D eigenvalue weighted by molar-refractivity contribution is 5.89. The van der Waals surface area contributed by atoms with Crippen LogP contribution in [0.25, 0.3) is 10.9 Å². The smallest absolute Gasteiger partial charge is 0.328 e. The van der Waals surface area contributed by atoms with Gasteiger partial charge in [0.15, 0.2) is 0 Å². The number of carbonyl (C=O) groups is 3. The Kier molecular flexibility index (Phi) is 7.09. The predicted octanol–water partition coefficient (Wildman–Crippen LogP) is 0.0123. The molecule has 27 heavy (non-hydrogen) atoms. The third kappa shape index (κ3) is 4.93. The van der Waals surface area contributed by atoms with E-state index in [0.717, 1.165) is 16.5 Å². The van der Waals surface area contributed by atoms with Gasteiger partial charge >= 0.3 is 5.97 Å². The number of nitrogens with two attached hydrogens (primary N) is 2. The molecule has 0 fully saturated rings. The Morgan fingerprint density at radius 2 is 2.00 bits per heavy atom. The van der Waals surface area contributed by atoms with Crippen LogP contribution in [0.15, 0.2) is 30.5 Å². The molecule has 0 aliphatic rings. The SMILES string of the molecule is CCOC(=O)[C@@H](Cc1cn(C)c2ccccc12)NC(=O)C(N)C(N)CC=O. The third-order valence-electron chi connectivity index (χ3n) is 4.42. The number of fused-ring (bicyclic) bond motifs is 1. The number of nitrogens with zero attached hydrogens (tertiary/aromatic N) is 1. The second kappa shape index (κ2) is 9.29. The van der Waals surface area contributed by atoms with E-state index >= 15 is 0 Å². The van der Waals surface area contributed by atoms with Crippen molar-refractivity contribution in [1.29, 1.82) is 0 Å². The number of nitrogens with one attached hydrogen (secondary N) is 1. The highest BCUT2D eigenvalue weighted by Gasteiger charge is 2.28. The van der Waals surface area contributed by atoms with Crippen LogP contribution in [0.3, 0.4) is 0 Å². The van der Waals surface area contributed by atoms with Crippen LogP contribution in [0.1, 0.15) is 18.9 Å². The molecule has 8 nitrogen and oxygen atoms in total. The van der Waals surface area contributed by atoms with Crippen molar-refractivity contribution in [2.45, 2.75) is 37.9 Å². The van der Waals surface area contributed by atoms with Crippen LogP contribution >= 0.6 is 0 Å². The van der Waals surface area contributed by atoms with Crippen molar-refractivity contribution in [1.82, 2.24) is 9.88 Å². The Morgan fingerprint density at radius 1 is 1.30 bits per heavy atom. The van der Waals surface area contributed by atoms with Crippen molar-refractivity contribution in [3.63, 3.8) is 0 Å². The number of hydrogen-bond acceptors (Lipinski definition) is 6. The Labute approximate surface area is 157 Å². The number of aryl methyl sites for hydroxylation is 1. The zero-order valence-electron chi connectivity index (χ0n) is 15.6. The summed E-state index contributed by atoms with van der Waals surface area (Å²) >= 11 is 0. The number of hydrogen-bond donors (Lipinski definition) is 3. The molecule has 3 atom stereocenters. The summed E-state index contributed by atoms with van der Waals surface area (Å²) in [6, 6.07) is 4.97. The summed E-state index contributed by atoms with van der Waals surface area (Å²) in [5, 5.41) is 3.61. The summed E-state index contributed by atoms with van der Waals surface area (Å²) in [5.74, 6) is -1.14. The third-order valence-corrected chi connectivity index (χ3v) is 4.42. The van der Waals surface area contributed by atoms with Crippen LogP contribution in [0, 0.1) is 0 Å². The monoisotopic (exact) mass is 374 g/mol. The number of benzene rings is 1. The molecule has 1 aromatic heterocycles. The molecule has 2 unspecified atom stereocenters. The van der Waals surface area contributed by atoms with E-state index in [9.17, 15) is 14.4 Å². The van der Waals surface area contributed by atoms with Gasteiger partial charge < -0.3 is 30.9 Å². The molecule has 0 aliphatic carbocycles. The van der Waals surface area contributed by atoms with Gasteiger partial charge in [-0.3, -0.25) is 4.79 Å². The fourth-order valence-electron chi connectivity index (χ4n) is 2.96. The van der Waals surface area contributed by atoms with Gasteiger partial charge in [-0.05, 0) is 18.6 Å². The van der Waals surface area contributed by atoms with Gasteiger partial charge in [0.1, 0.15) is 12.3 Å². The average molecular weight is 374 g/mol. The van der Waals surface area contributed by atoms with Crippen molar-refractivity contribution in [2.24, 2.45) is 18.5 Å². The van der Waals surface area contributed by atoms with Crippen LogP contribution in [-0.4, -0.2) is 47.5 Å². The minimum absolute atomic E-state index is 0.0397. The second-order valence-corrected chi connectivity index (χ2v) is 6.39. The molecule has 2 rings (SSSR count). The van der Waals surface area contributed by atoms with Gasteiger partial charge in [0, 0.05) is 43.0 Å². The molecule has 1 heterocycles. The van der Waals surface area contributed by atoms with E-state index in [1.54, 1.807) is 6.92 Å². The van der Waals surface area contributed by atoms with E-state index in [4.69, 9.17) is 16.2 Å². The maximum atomic E-state index is 12.4. The largest absolute Gasteiger partial charge is 0.464 e. The lowest BCUT2D eigenvalue weighted by atomic mass is 10.0. The van der Waals surface area contributed by atoms with Crippen LogP contribution in [-0.2, 0) is 32.6 Å². The number of amides is 1. The Bertz CT molecular complexity index is 817. The predicted molar refractivity (Wildman–Crippen MR) is 102 cm³/mol. The second-order valence-electron chi connectivity index (χ2n) is 6.39. The molecule has 0 saturated heterocycles. The summed E-state index contributed by atoms with van der Waals surface area (Å²) in [7, 11) is 1.91. The first-order chi connectivity index (χ1) is 12.9. The first-order valence-corrected chi connectivity index (χ1v) is 8.83. The lowest BCUT2D eigenvalue weighted by Crippen LogP contribution is -2.56. The fraction of sp³-hybridized carbons (Fsp3) is 0.421. The molecular formula is C19H26N4O4. The molecule has 0 radical (unpaired) electrons. The molecule has 0 aliphatic heterocycles. The zero-order chi connectivity index (χ0) is 20.0. The van der Waals surface area contributed by atoms with Crippen LogP contribution in [0.2, 0.25) is 0 Å². The van der Waals surface area contributed by atoms with Gasteiger partial charge in [0.2, 0.25) is 5.91 Å². The molecule has 0 spiro atoms. The molecule has 8 heteroatoms. The lowest BCUT2D eigenvalue weighted by molar-refractivity contribution is -0.147. The van der Waals surface area contributed by atoms with Crippen molar-refractivity contribution in [3.8, 4) is 0 Å².